The van der Waals surface area contributed by atoms with Gasteiger partial charge in [-0.3, -0.25) is 9.59 Å². The molecule has 4 aliphatic rings. The minimum Gasteiger partial charge on any atom is -0.463 e. The van der Waals surface area contributed by atoms with Crippen LogP contribution in [0.25, 0.3) is 0 Å². The highest BCUT2D eigenvalue weighted by molar-refractivity contribution is 5.66. The Morgan fingerprint density at radius 2 is 1.62 bits per heavy atom. The first-order valence-electron chi connectivity index (χ1n) is 14.0. The lowest BCUT2D eigenvalue weighted by Crippen LogP contribution is -2.60. The zero-order chi connectivity index (χ0) is 24.8. The van der Waals surface area contributed by atoms with E-state index in [1.807, 2.05) is 0 Å². The third-order valence-corrected chi connectivity index (χ3v) is 10.9. The molecule has 10 atom stereocenters. The number of hydrogen-bond donors (Lipinski definition) is 1. The predicted octanol–water partition coefficient (Wildman–Crippen LogP) is 5.75. The standard InChI is InChI=1S/C29H49NO4/c1-17(2)30-16-18(3)24-10-11-25-23-9-8-21-14-22(33-19(4)31)12-13-28(21,6)26(23)15-27(29(24,25)7)34-20(5)32/h17-18,21-27,30H,8-16H2,1-7H3/t18-,21-,22-,23+,24-,25+,26+,27+,28+,29-/m1/s1. The van der Waals surface area contributed by atoms with E-state index in [-0.39, 0.29) is 35.0 Å². The van der Waals surface area contributed by atoms with Gasteiger partial charge in [0, 0.05) is 25.3 Å². The van der Waals surface area contributed by atoms with Crippen LogP contribution in [-0.4, -0.2) is 36.7 Å². The highest BCUT2D eigenvalue weighted by Gasteiger charge is 2.65. The molecule has 0 saturated heterocycles. The van der Waals surface area contributed by atoms with Crippen molar-refractivity contribution in [3.8, 4) is 0 Å². The normalized spacial score (nSPS) is 44.5. The van der Waals surface area contributed by atoms with Gasteiger partial charge in [0.1, 0.15) is 12.2 Å². The number of nitrogens with one attached hydrogen (secondary N) is 1. The fourth-order valence-corrected chi connectivity index (χ4v) is 9.40. The Labute approximate surface area is 207 Å². The Morgan fingerprint density at radius 1 is 0.912 bits per heavy atom. The number of rotatable bonds is 6. The van der Waals surface area contributed by atoms with Crippen molar-refractivity contribution >= 4 is 11.9 Å². The summed E-state index contributed by atoms with van der Waals surface area (Å²) in [4.78, 5) is 23.9. The van der Waals surface area contributed by atoms with Crippen molar-refractivity contribution in [2.45, 2.75) is 118 Å². The molecule has 0 aliphatic heterocycles. The first-order valence-corrected chi connectivity index (χ1v) is 14.0. The van der Waals surface area contributed by atoms with Crippen LogP contribution < -0.4 is 5.32 Å². The first-order chi connectivity index (χ1) is 16.0. The Bertz CT molecular complexity index is 767. The van der Waals surface area contributed by atoms with Gasteiger partial charge in [0.15, 0.2) is 0 Å². The molecule has 0 bridgehead atoms. The Balaban J connectivity index is 1.59. The number of esters is 2. The minimum atomic E-state index is -0.149. The van der Waals surface area contributed by atoms with Crippen molar-refractivity contribution in [2.75, 3.05) is 6.54 Å². The van der Waals surface area contributed by atoms with Gasteiger partial charge < -0.3 is 14.8 Å². The van der Waals surface area contributed by atoms with E-state index in [0.717, 1.165) is 38.1 Å². The Kier molecular flexibility index (Phi) is 7.45. The van der Waals surface area contributed by atoms with E-state index in [2.05, 4.69) is 39.9 Å². The summed E-state index contributed by atoms with van der Waals surface area (Å²) in [5, 5.41) is 3.66. The zero-order valence-corrected chi connectivity index (χ0v) is 22.7. The molecular weight excluding hydrogens is 426 g/mol. The summed E-state index contributed by atoms with van der Waals surface area (Å²) in [6.07, 6.45) is 9.21. The van der Waals surface area contributed by atoms with Crippen molar-refractivity contribution in [1.82, 2.24) is 5.32 Å². The number of carbonyl (C=O) groups excluding carboxylic acids is 2. The van der Waals surface area contributed by atoms with Gasteiger partial charge in [-0.15, -0.1) is 0 Å². The molecule has 4 aliphatic carbocycles. The number of carbonyl (C=O) groups is 2. The van der Waals surface area contributed by atoms with Crippen LogP contribution in [0.3, 0.4) is 0 Å². The molecule has 4 saturated carbocycles. The molecule has 0 aromatic rings. The van der Waals surface area contributed by atoms with Gasteiger partial charge in [-0.2, -0.15) is 0 Å². The fourth-order valence-electron chi connectivity index (χ4n) is 9.40. The van der Waals surface area contributed by atoms with Crippen molar-refractivity contribution in [3.05, 3.63) is 0 Å². The van der Waals surface area contributed by atoms with Gasteiger partial charge in [0.25, 0.3) is 0 Å². The summed E-state index contributed by atoms with van der Waals surface area (Å²) < 4.78 is 11.9. The second kappa shape index (κ2) is 9.75. The average molecular weight is 476 g/mol. The predicted molar refractivity (Wildman–Crippen MR) is 134 cm³/mol. The summed E-state index contributed by atoms with van der Waals surface area (Å²) in [6.45, 7) is 16.0. The van der Waals surface area contributed by atoms with E-state index in [1.165, 1.54) is 32.6 Å². The smallest absolute Gasteiger partial charge is 0.302 e. The van der Waals surface area contributed by atoms with Crippen LogP contribution in [0.5, 0.6) is 0 Å². The van der Waals surface area contributed by atoms with Crippen molar-refractivity contribution in [3.63, 3.8) is 0 Å². The van der Waals surface area contributed by atoms with Gasteiger partial charge in [0.05, 0.1) is 0 Å². The number of hydrogen-bond acceptors (Lipinski definition) is 5. The van der Waals surface area contributed by atoms with Crippen molar-refractivity contribution in [1.29, 1.82) is 0 Å². The molecule has 194 valence electrons. The summed E-state index contributed by atoms with van der Waals surface area (Å²) in [7, 11) is 0. The molecule has 4 rings (SSSR count). The lowest BCUT2D eigenvalue weighted by Gasteiger charge is -2.62. The molecule has 0 unspecified atom stereocenters. The Hall–Kier alpha value is -1.10. The molecule has 0 heterocycles. The topological polar surface area (TPSA) is 64.6 Å². The number of fused-ring (bicyclic) bond motifs is 5. The van der Waals surface area contributed by atoms with E-state index in [1.54, 1.807) is 6.92 Å². The van der Waals surface area contributed by atoms with Gasteiger partial charge in [-0.05, 0) is 98.8 Å². The lowest BCUT2D eigenvalue weighted by atomic mass is 9.43. The third-order valence-electron chi connectivity index (χ3n) is 10.9. The monoisotopic (exact) mass is 475 g/mol. The molecule has 5 heteroatoms. The minimum absolute atomic E-state index is 0.00650. The largest absolute Gasteiger partial charge is 0.463 e. The number of ether oxygens (including phenoxy) is 2. The second-order valence-electron chi connectivity index (χ2n) is 13.1. The first kappa shape index (κ1) is 26.0. The molecule has 0 aromatic carbocycles. The fraction of sp³-hybridized carbons (Fsp3) is 0.931. The zero-order valence-electron chi connectivity index (χ0n) is 22.7. The molecule has 0 radical (unpaired) electrons. The van der Waals surface area contributed by atoms with Crippen LogP contribution in [0.1, 0.15) is 99.8 Å². The van der Waals surface area contributed by atoms with E-state index < -0.39 is 0 Å². The molecule has 5 nitrogen and oxygen atoms in total. The Morgan fingerprint density at radius 3 is 2.26 bits per heavy atom. The molecule has 4 fully saturated rings. The summed E-state index contributed by atoms with van der Waals surface area (Å²) >= 11 is 0. The van der Waals surface area contributed by atoms with E-state index in [9.17, 15) is 9.59 Å². The molecule has 0 amide bonds. The summed E-state index contributed by atoms with van der Waals surface area (Å²) in [6, 6.07) is 0.491. The lowest BCUT2D eigenvalue weighted by molar-refractivity contribution is -0.197. The highest BCUT2D eigenvalue weighted by Crippen LogP contribution is 2.68. The third kappa shape index (κ3) is 4.55. The summed E-state index contributed by atoms with van der Waals surface area (Å²) in [5.74, 6) is 3.42. The molecular formula is C29H49NO4. The van der Waals surface area contributed by atoms with Crippen LogP contribution in [-0.2, 0) is 19.1 Å². The van der Waals surface area contributed by atoms with Gasteiger partial charge in [-0.25, -0.2) is 0 Å². The maximum absolute atomic E-state index is 12.3. The molecule has 34 heavy (non-hydrogen) atoms. The van der Waals surface area contributed by atoms with Crippen LogP contribution >= 0.6 is 0 Å². The van der Waals surface area contributed by atoms with Crippen molar-refractivity contribution in [2.24, 2.45) is 46.3 Å². The van der Waals surface area contributed by atoms with E-state index in [0.29, 0.717) is 35.6 Å². The molecule has 1 N–H and O–H groups in total. The molecule has 0 spiro atoms. The van der Waals surface area contributed by atoms with Crippen LogP contribution in [0, 0.1) is 46.3 Å². The maximum Gasteiger partial charge on any atom is 0.302 e. The van der Waals surface area contributed by atoms with Crippen LogP contribution in [0.2, 0.25) is 0 Å². The van der Waals surface area contributed by atoms with E-state index in [4.69, 9.17) is 9.47 Å². The van der Waals surface area contributed by atoms with Gasteiger partial charge >= 0.3 is 11.9 Å². The quantitative estimate of drug-likeness (QED) is 0.495. The average Bonchev–Trinajstić information content (AvgIpc) is 3.10. The van der Waals surface area contributed by atoms with Gasteiger partial charge in [-0.1, -0.05) is 34.6 Å². The SMILES string of the molecule is CC(=O)O[C@@H]1CC[C@@]2(C)[C@H](CC[C@@H]3[C@@H]2C[C@H](OC(C)=O)[C@]2(C)[C@@H]([C@H](C)CNC(C)C)CC[C@@H]32)C1. The van der Waals surface area contributed by atoms with E-state index >= 15 is 0 Å². The maximum atomic E-state index is 12.3. The molecule has 0 aromatic heterocycles. The summed E-state index contributed by atoms with van der Waals surface area (Å²) in [5.41, 5.74) is 0.311. The second-order valence-corrected chi connectivity index (χ2v) is 13.1. The van der Waals surface area contributed by atoms with Crippen LogP contribution in [0.15, 0.2) is 0 Å². The van der Waals surface area contributed by atoms with Crippen LogP contribution in [0.4, 0.5) is 0 Å². The van der Waals surface area contributed by atoms with Crippen molar-refractivity contribution < 1.29 is 19.1 Å². The van der Waals surface area contributed by atoms with Gasteiger partial charge in [0.2, 0.25) is 0 Å². The highest BCUT2D eigenvalue weighted by atomic mass is 16.5.